The van der Waals surface area contributed by atoms with Crippen molar-refractivity contribution in [3.8, 4) is 0 Å². The van der Waals surface area contributed by atoms with Gasteiger partial charge in [-0.3, -0.25) is 4.99 Å². The maximum absolute atomic E-state index is 6.02. The quantitative estimate of drug-likeness (QED) is 0.440. The first-order valence-electron chi connectivity index (χ1n) is 7.98. The Bertz CT molecular complexity index is 355. The monoisotopic (exact) mass is 393 g/mol. The Morgan fingerprint density at radius 3 is 2.70 bits per heavy atom. The highest BCUT2D eigenvalue weighted by Gasteiger charge is 2.65. The van der Waals surface area contributed by atoms with Crippen LogP contribution in [-0.2, 0) is 4.74 Å². The van der Waals surface area contributed by atoms with Gasteiger partial charge in [0.15, 0.2) is 5.96 Å². The number of halogens is 1. The van der Waals surface area contributed by atoms with Crippen molar-refractivity contribution in [3.63, 3.8) is 0 Å². The topological polar surface area (TPSA) is 45.7 Å². The minimum absolute atomic E-state index is 0. The van der Waals surface area contributed by atoms with Crippen LogP contribution >= 0.6 is 24.0 Å². The van der Waals surface area contributed by atoms with Crippen LogP contribution < -0.4 is 10.6 Å². The Balaban J connectivity index is 0.00000147. The Morgan fingerprint density at radius 2 is 2.05 bits per heavy atom. The third-order valence-corrected chi connectivity index (χ3v) is 5.24. The van der Waals surface area contributed by atoms with Gasteiger partial charge in [-0.1, -0.05) is 12.8 Å². The third-order valence-electron chi connectivity index (χ3n) is 5.24. The molecule has 3 aliphatic rings. The zero-order valence-corrected chi connectivity index (χ0v) is 15.0. The molecule has 0 radical (unpaired) electrons. The number of guanidine groups is 1. The van der Waals surface area contributed by atoms with Crippen LogP contribution in [0.15, 0.2) is 4.99 Å². The molecule has 2 saturated carbocycles. The van der Waals surface area contributed by atoms with Crippen LogP contribution in [0.3, 0.4) is 0 Å². The summed E-state index contributed by atoms with van der Waals surface area (Å²) in [6, 6.07) is 0.576. The molecule has 1 saturated heterocycles. The lowest BCUT2D eigenvalue weighted by atomic mass is 9.54. The average Bonchev–Trinajstić information content (AvgIpc) is 3.04. The Morgan fingerprint density at radius 1 is 1.30 bits per heavy atom. The van der Waals surface area contributed by atoms with Crippen LogP contribution in [0, 0.1) is 11.3 Å². The van der Waals surface area contributed by atoms with Crippen molar-refractivity contribution in [1.29, 1.82) is 0 Å². The fourth-order valence-corrected chi connectivity index (χ4v) is 4.53. The minimum Gasteiger partial charge on any atom is -0.377 e. The first-order valence-corrected chi connectivity index (χ1v) is 7.98. The van der Waals surface area contributed by atoms with Gasteiger partial charge in [-0.15, -0.1) is 24.0 Å². The van der Waals surface area contributed by atoms with Gasteiger partial charge in [0.25, 0.3) is 0 Å². The van der Waals surface area contributed by atoms with E-state index in [0.717, 1.165) is 25.7 Å². The molecule has 0 bridgehead atoms. The predicted octanol–water partition coefficient (Wildman–Crippen LogP) is 2.53. The van der Waals surface area contributed by atoms with E-state index in [2.05, 4.69) is 29.5 Å². The normalized spacial score (nSPS) is 34.3. The number of hydrogen-bond donors (Lipinski definition) is 2. The lowest BCUT2D eigenvalue weighted by Gasteiger charge is -2.57. The summed E-state index contributed by atoms with van der Waals surface area (Å²) in [4.78, 5) is 4.56. The Labute approximate surface area is 139 Å². The van der Waals surface area contributed by atoms with E-state index in [1.165, 1.54) is 32.1 Å². The van der Waals surface area contributed by atoms with Gasteiger partial charge in [0.1, 0.15) is 0 Å². The van der Waals surface area contributed by atoms with Crippen molar-refractivity contribution in [1.82, 2.24) is 10.6 Å². The zero-order valence-electron chi connectivity index (χ0n) is 12.7. The highest BCUT2D eigenvalue weighted by atomic mass is 127. The third kappa shape index (κ3) is 2.56. The molecule has 1 spiro atoms. The molecular formula is C15H28IN3O. The van der Waals surface area contributed by atoms with E-state index in [1.807, 2.05) is 0 Å². The SMILES string of the molecule is CCN=C(NCC)NC1C2CCOC2C12CCCC2.I. The summed E-state index contributed by atoms with van der Waals surface area (Å²) in [7, 11) is 0. The number of aliphatic imine (C=N–C) groups is 1. The van der Waals surface area contributed by atoms with Crippen molar-refractivity contribution in [3.05, 3.63) is 0 Å². The van der Waals surface area contributed by atoms with Crippen molar-refractivity contribution in [2.24, 2.45) is 16.3 Å². The highest BCUT2D eigenvalue weighted by molar-refractivity contribution is 14.0. The second kappa shape index (κ2) is 6.81. The highest BCUT2D eigenvalue weighted by Crippen LogP contribution is 2.60. The van der Waals surface area contributed by atoms with E-state index in [4.69, 9.17) is 4.74 Å². The molecule has 0 aromatic rings. The largest absolute Gasteiger partial charge is 0.377 e. The van der Waals surface area contributed by atoms with Gasteiger partial charge in [0, 0.05) is 37.1 Å². The van der Waals surface area contributed by atoms with E-state index < -0.39 is 0 Å². The van der Waals surface area contributed by atoms with Crippen LogP contribution in [0.1, 0.15) is 46.0 Å². The molecule has 2 N–H and O–H groups in total. The summed E-state index contributed by atoms with van der Waals surface area (Å²) in [5, 5.41) is 7.09. The van der Waals surface area contributed by atoms with Crippen LogP contribution in [-0.4, -0.2) is 37.8 Å². The molecule has 3 atom stereocenters. The van der Waals surface area contributed by atoms with E-state index in [9.17, 15) is 0 Å². The first kappa shape index (κ1) is 16.3. The number of nitrogens with zero attached hydrogens (tertiary/aromatic N) is 1. The standard InChI is InChI=1S/C15H27N3O.HI/c1-3-16-14(17-4-2)18-12-11-7-10-19-13(11)15(12)8-5-6-9-15;/h11-13H,3-10H2,1-2H3,(H2,16,17,18);1H. The number of ether oxygens (including phenoxy) is 1. The van der Waals surface area contributed by atoms with Gasteiger partial charge >= 0.3 is 0 Å². The smallest absolute Gasteiger partial charge is 0.191 e. The fraction of sp³-hybridized carbons (Fsp3) is 0.933. The molecule has 2 aliphatic carbocycles. The molecule has 20 heavy (non-hydrogen) atoms. The molecular weight excluding hydrogens is 365 g/mol. The number of fused-ring (bicyclic) bond motifs is 2. The van der Waals surface area contributed by atoms with E-state index in [-0.39, 0.29) is 24.0 Å². The van der Waals surface area contributed by atoms with Gasteiger partial charge in [-0.2, -0.15) is 0 Å². The predicted molar refractivity (Wildman–Crippen MR) is 92.7 cm³/mol. The number of hydrogen-bond acceptors (Lipinski definition) is 2. The molecule has 1 heterocycles. The van der Waals surface area contributed by atoms with Gasteiger partial charge < -0.3 is 15.4 Å². The molecule has 0 amide bonds. The summed E-state index contributed by atoms with van der Waals surface area (Å²) in [5.74, 6) is 1.70. The van der Waals surface area contributed by atoms with Gasteiger partial charge in [0.2, 0.25) is 0 Å². The molecule has 116 valence electrons. The summed E-state index contributed by atoms with van der Waals surface area (Å²) in [6.45, 7) is 6.93. The zero-order chi connectivity index (χ0) is 13.3. The van der Waals surface area contributed by atoms with E-state index in [0.29, 0.717) is 23.5 Å². The van der Waals surface area contributed by atoms with Crippen molar-refractivity contribution < 1.29 is 4.74 Å². The average molecular weight is 393 g/mol. The molecule has 0 aromatic carbocycles. The van der Waals surface area contributed by atoms with Crippen molar-refractivity contribution in [2.75, 3.05) is 19.7 Å². The maximum Gasteiger partial charge on any atom is 0.191 e. The maximum atomic E-state index is 6.02. The van der Waals surface area contributed by atoms with Crippen LogP contribution in [0.5, 0.6) is 0 Å². The molecule has 3 rings (SSSR count). The molecule has 4 nitrogen and oxygen atoms in total. The fourth-order valence-electron chi connectivity index (χ4n) is 4.53. The second-order valence-corrected chi connectivity index (χ2v) is 6.16. The summed E-state index contributed by atoms with van der Waals surface area (Å²) >= 11 is 0. The molecule has 0 aromatic heterocycles. The molecule has 3 fully saturated rings. The van der Waals surface area contributed by atoms with E-state index >= 15 is 0 Å². The van der Waals surface area contributed by atoms with Crippen LogP contribution in [0.25, 0.3) is 0 Å². The van der Waals surface area contributed by atoms with Crippen molar-refractivity contribution >= 4 is 29.9 Å². The Hall–Kier alpha value is -0.0400. The summed E-state index contributed by atoms with van der Waals surface area (Å²) < 4.78 is 6.02. The molecule has 1 aliphatic heterocycles. The summed E-state index contributed by atoms with van der Waals surface area (Å²) in [6.07, 6.45) is 7.14. The number of rotatable bonds is 3. The lowest BCUT2D eigenvalue weighted by Crippen LogP contribution is -2.69. The summed E-state index contributed by atoms with van der Waals surface area (Å²) in [5.41, 5.74) is 0.408. The van der Waals surface area contributed by atoms with Crippen LogP contribution in [0.4, 0.5) is 0 Å². The lowest BCUT2D eigenvalue weighted by molar-refractivity contribution is -0.125. The van der Waals surface area contributed by atoms with Crippen molar-refractivity contribution in [2.45, 2.75) is 58.1 Å². The van der Waals surface area contributed by atoms with Crippen LogP contribution in [0.2, 0.25) is 0 Å². The Kier molecular flexibility index (Phi) is 5.56. The number of nitrogens with one attached hydrogen (secondary N) is 2. The van der Waals surface area contributed by atoms with Gasteiger partial charge in [0.05, 0.1) is 6.10 Å². The first-order chi connectivity index (χ1) is 9.31. The molecule has 3 unspecified atom stereocenters. The van der Waals surface area contributed by atoms with Gasteiger partial charge in [-0.25, -0.2) is 0 Å². The second-order valence-electron chi connectivity index (χ2n) is 6.16. The van der Waals surface area contributed by atoms with E-state index in [1.54, 1.807) is 0 Å². The minimum atomic E-state index is 0. The molecule has 5 heteroatoms. The van der Waals surface area contributed by atoms with Gasteiger partial charge in [-0.05, 0) is 33.1 Å².